The molecule has 2 rings (SSSR count). The smallest absolute Gasteiger partial charge is 0.308 e. The summed E-state index contributed by atoms with van der Waals surface area (Å²) in [6.07, 6.45) is -8.74. The lowest BCUT2D eigenvalue weighted by Crippen LogP contribution is -2.63. The number of likely N-dealkylation sites (N-methyl/N-ethyl adjacent to an activating group) is 1. The Morgan fingerprint density at radius 1 is 1.11 bits per heavy atom. The Balaban J connectivity index is 2.27. The number of carbonyl (C=O) groups is 2. The minimum absolute atomic E-state index is 0.0256. The van der Waals surface area contributed by atoms with Gasteiger partial charge in [-0.05, 0) is 31.5 Å². The van der Waals surface area contributed by atoms with Gasteiger partial charge in [0.1, 0.15) is 30.7 Å². The van der Waals surface area contributed by atoms with Gasteiger partial charge >= 0.3 is 5.97 Å². The van der Waals surface area contributed by atoms with Gasteiger partial charge in [-0.1, -0.05) is 19.9 Å². The summed E-state index contributed by atoms with van der Waals surface area (Å²) in [7, 11) is -3.13. The van der Waals surface area contributed by atoms with Crippen LogP contribution < -0.4 is 10.1 Å². The fourth-order valence-corrected chi connectivity index (χ4v) is 3.86. The normalized spacial score (nSPS) is 24.1. The van der Waals surface area contributed by atoms with E-state index in [1.54, 1.807) is 32.0 Å². The number of hydrogen-bond acceptors (Lipinski definition) is 11. The molecule has 0 aromatic heterocycles. The summed E-state index contributed by atoms with van der Waals surface area (Å²) in [5, 5.41) is 34.4. The third-order valence-electron chi connectivity index (χ3n) is 5.46. The van der Waals surface area contributed by atoms with Gasteiger partial charge in [0.25, 0.3) is 16.0 Å². The molecule has 1 aliphatic heterocycles. The maximum Gasteiger partial charge on any atom is 0.308 e. The number of aliphatic hydroxyl groups excluding tert-OH is 3. The van der Waals surface area contributed by atoms with Crippen LogP contribution >= 0.6 is 0 Å². The molecule has 1 saturated heterocycles. The lowest BCUT2D eigenvalue weighted by atomic mass is 9.98. The lowest BCUT2D eigenvalue weighted by molar-refractivity contribution is -0.268. The number of carbonyl (C=O) groups excluding carboxylic acids is 2. The Morgan fingerprint density at radius 2 is 1.76 bits per heavy atom. The maximum atomic E-state index is 12.8. The molecule has 1 aliphatic rings. The standard InChI is InChI=1S/C23H36N2O11S/c1-12(2)22(30)34-11-14-6-7-15(24-13(3)4)16(10-14)35-23-19(28)17(26)18(27)20(36-23)21(29)25(5)8-9-37(31,32)33/h6-7,10,12-13,17-20,23-24,26-28H,8-9,11H2,1-5H3,(H,31,32,33)/t17-,18-,19+,20-,23+/m0/s1. The summed E-state index contributed by atoms with van der Waals surface area (Å²) in [6.45, 7) is 6.70. The molecule has 0 radical (unpaired) electrons. The minimum Gasteiger partial charge on any atom is -0.461 e. The van der Waals surface area contributed by atoms with E-state index in [1.165, 1.54) is 7.05 Å². The van der Waals surface area contributed by atoms with Crippen molar-refractivity contribution in [1.82, 2.24) is 4.90 Å². The molecule has 1 amide bonds. The van der Waals surface area contributed by atoms with E-state index in [4.69, 9.17) is 18.8 Å². The van der Waals surface area contributed by atoms with E-state index < -0.39 is 65.0 Å². The van der Waals surface area contributed by atoms with Gasteiger partial charge in [0.05, 0.1) is 17.4 Å². The first kappa shape index (κ1) is 30.7. The Morgan fingerprint density at radius 3 is 2.32 bits per heavy atom. The van der Waals surface area contributed by atoms with Crippen molar-refractivity contribution in [3.8, 4) is 5.75 Å². The Bertz CT molecular complexity index is 1050. The molecule has 5 atom stereocenters. The van der Waals surface area contributed by atoms with Gasteiger partial charge in [-0.3, -0.25) is 14.1 Å². The van der Waals surface area contributed by atoms with Gasteiger partial charge in [0.15, 0.2) is 6.10 Å². The molecule has 0 bridgehead atoms. The lowest BCUT2D eigenvalue weighted by Gasteiger charge is -2.40. The fourth-order valence-electron chi connectivity index (χ4n) is 3.36. The van der Waals surface area contributed by atoms with Crippen LogP contribution in [-0.2, 0) is 35.8 Å². The van der Waals surface area contributed by atoms with Crippen LogP contribution in [0.1, 0.15) is 33.3 Å². The van der Waals surface area contributed by atoms with Gasteiger partial charge in [0, 0.05) is 19.6 Å². The highest BCUT2D eigenvalue weighted by atomic mass is 32.2. The number of rotatable bonds is 11. The van der Waals surface area contributed by atoms with Crippen LogP contribution in [0.15, 0.2) is 18.2 Å². The number of anilines is 1. The molecule has 5 N–H and O–H groups in total. The average molecular weight is 549 g/mol. The molecule has 1 fully saturated rings. The van der Waals surface area contributed by atoms with Gasteiger partial charge < -0.3 is 39.7 Å². The summed E-state index contributed by atoms with van der Waals surface area (Å²) in [4.78, 5) is 25.5. The average Bonchev–Trinajstić information content (AvgIpc) is 2.81. The predicted octanol–water partition coefficient (Wildman–Crippen LogP) is -0.261. The van der Waals surface area contributed by atoms with E-state index in [2.05, 4.69) is 5.32 Å². The van der Waals surface area contributed by atoms with Gasteiger partial charge in [-0.25, -0.2) is 0 Å². The second-order valence-corrected chi connectivity index (χ2v) is 11.0. The quantitative estimate of drug-likeness (QED) is 0.180. The topological polar surface area (TPSA) is 192 Å². The molecule has 1 aromatic rings. The highest BCUT2D eigenvalue weighted by Gasteiger charge is 2.48. The number of hydrogen-bond donors (Lipinski definition) is 5. The molecule has 0 saturated carbocycles. The van der Waals surface area contributed by atoms with Gasteiger partial charge in [0.2, 0.25) is 6.29 Å². The number of nitrogens with zero attached hydrogens (tertiary/aromatic N) is 1. The van der Waals surface area contributed by atoms with E-state index in [1.807, 2.05) is 13.8 Å². The molecular weight excluding hydrogens is 512 g/mol. The highest BCUT2D eigenvalue weighted by Crippen LogP contribution is 2.32. The number of esters is 1. The minimum atomic E-state index is -4.35. The molecule has 0 spiro atoms. The largest absolute Gasteiger partial charge is 0.461 e. The zero-order chi connectivity index (χ0) is 28.1. The maximum absolute atomic E-state index is 12.8. The molecule has 0 aliphatic carbocycles. The van der Waals surface area contributed by atoms with Crippen LogP contribution in [0.3, 0.4) is 0 Å². The van der Waals surface area contributed by atoms with Crippen molar-refractivity contribution in [2.24, 2.45) is 5.92 Å². The number of amides is 1. The van der Waals surface area contributed by atoms with Crippen molar-refractivity contribution in [2.45, 2.75) is 71.0 Å². The number of ether oxygens (including phenoxy) is 3. The van der Waals surface area contributed by atoms with Crippen molar-refractivity contribution >= 4 is 27.7 Å². The molecule has 14 heteroatoms. The van der Waals surface area contributed by atoms with E-state index in [0.29, 0.717) is 11.3 Å². The number of benzene rings is 1. The van der Waals surface area contributed by atoms with Crippen molar-refractivity contribution < 1.29 is 52.1 Å². The number of nitrogens with one attached hydrogen (secondary N) is 1. The zero-order valence-corrected chi connectivity index (χ0v) is 22.2. The van der Waals surface area contributed by atoms with Crippen molar-refractivity contribution in [3.05, 3.63) is 23.8 Å². The first-order valence-corrected chi connectivity index (χ1v) is 13.3. The summed E-state index contributed by atoms with van der Waals surface area (Å²) < 4.78 is 47.6. The zero-order valence-electron chi connectivity index (χ0n) is 21.4. The van der Waals surface area contributed by atoms with E-state index in [9.17, 15) is 33.3 Å². The summed E-state index contributed by atoms with van der Waals surface area (Å²) in [5.41, 5.74) is 1.04. The van der Waals surface area contributed by atoms with E-state index >= 15 is 0 Å². The predicted molar refractivity (Wildman–Crippen MR) is 131 cm³/mol. The van der Waals surface area contributed by atoms with Crippen molar-refractivity contribution in [3.63, 3.8) is 0 Å². The van der Waals surface area contributed by atoms with Crippen LogP contribution in [0.5, 0.6) is 5.75 Å². The van der Waals surface area contributed by atoms with Crippen LogP contribution in [0.2, 0.25) is 0 Å². The molecule has 0 unspecified atom stereocenters. The molecular formula is C23H36N2O11S. The molecule has 210 valence electrons. The van der Waals surface area contributed by atoms with Crippen molar-refractivity contribution in [2.75, 3.05) is 24.7 Å². The van der Waals surface area contributed by atoms with Crippen LogP contribution in [0.4, 0.5) is 5.69 Å². The molecule has 1 aromatic carbocycles. The van der Waals surface area contributed by atoms with Crippen LogP contribution in [-0.4, -0.2) is 101 Å². The van der Waals surface area contributed by atoms with Crippen LogP contribution in [0, 0.1) is 5.92 Å². The van der Waals surface area contributed by atoms with E-state index in [0.717, 1.165) is 4.90 Å². The summed E-state index contributed by atoms with van der Waals surface area (Å²) in [5.74, 6) is -2.20. The first-order chi connectivity index (χ1) is 17.1. The molecule has 13 nitrogen and oxygen atoms in total. The number of aliphatic hydroxyl groups is 3. The Labute approximate surface area is 216 Å². The monoisotopic (exact) mass is 548 g/mol. The summed E-state index contributed by atoms with van der Waals surface area (Å²) >= 11 is 0. The van der Waals surface area contributed by atoms with E-state index in [-0.39, 0.29) is 24.3 Å². The first-order valence-electron chi connectivity index (χ1n) is 11.7. The molecule has 37 heavy (non-hydrogen) atoms. The van der Waals surface area contributed by atoms with Crippen molar-refractivity contribution in [1.29, 1.82) is 0 Å². The van der Waals surface area contributed by atoms with Gasteiger partial charge in [-0.15, -0.1) is 0 Å². The highest BCUT2D eigenvalue weighted by molar-refractivity contribution is 7.85. The second kappa shape index (κ2) is 12.8. The Kier molecular flexibility index (Phi) is 10.7. The Hall–Kier alpha value is -2.49. The third kappa shape index (κ3) is 8.79. The van der Waals surface area contributed by atoms with Crippen LogP contribution in [0.25, 0.3) is 0 Å². The molecule has 1 heterocycles. The second-order valence-electron chi connectivity index (χ2n) is 9.45. The fraction of sp³-hybridized carbons (Fsp3) is 0.652. The van der Waals surface area contributed by atoms with Gasteiger partial charge in [-0.2, -0.15) is 8.42 Å². The summed E-state index contributed by atoms with van der Waals surface area (Å²) in [6, 6.07) is 4.89. The SMILES string of the molecule is CC(C)Nc1ccc(COC(=O)C(C)C)cc1O[C@@H]1O[C@H](C(=O)N(C)CCS(=O)(=O)O)[C@@H](O)[C@H](O)[C@H]1O. The third-order valence-corrected chi connectivity index (χ3v) is 6.16.